The van der Waals surface area contributed by atoms with Crippen LogP contribution < -0.4 is 0 Å². The smallest absolute Gasteiger partial charge is 0.0544 e. The SMILES string of the molecule is CC1(C)c2cc(Br)ccc2-c2ccc3c(c21)c1cc(Br)ccc1n3-c1ccccc1. The number of aromatic nitrogens is 1. The van der Waals surface area contributed by atoms with Crippen LogP contribution in [0.25, 0.3) is 38.6 Å². The second-order valence-corrected chi connectivity index (χ2v) is 10.4. The van der Waals surface area contributed by atoms with Crippen molar-refractivity contribution in [2.75, 3.05) is 0 Å². The van der Waals surface area contributed by atoms with Gasteiger partial charge in [-0.15, -0.1) is 0 Å². The van der Waals surface area contributed by atoms with Crippen LogP contribution in [0.15, 0.2) is 87.8 Å². The molecule has 1 aliphatic carbocycles. The lowest BCUT2D eigenvalue weighted by Gasteiger charge is -2.23. The van der Waals surface area contributed by atoms with Gasteiger partial charge in [-0.05, 0) is 70.8 Å². The highest BCUT2D eigenvalue weighted by Crippen LogP contribution is 2.53. The molecule has 0 amide bonds. The number of rotatable bonds is 1. The van der Waals surface area contributed by atoms with Crippen LogP contribution >= 0.6 is 31.9 Å². The zero-order valence-electron chi connectivity index (χ0n) is 16.7. The minimum atomic E-state index is -0.0773. The molecule has 0 N–H and O–H groups in total. The van der Waals surface area contributed by atoms with Crippen LogP contribution in [0.1, 0.15) is 25.0 Å². The molecule has 0 bridgehead atoms. The van der Waals surface area contributed by atoms with Gasteiger partial charge in [0.05, 0.1) is 11.0 Å². The summed E-state index contributed by atoms with van der Waals surface area (Å²) >= 11 is 7.40. The van der Waals surface area contributed by atoms with Gasteiger partial charge in [0.25, 0.3) is 0 Å². The lowest BCUT2D eigenvalue weighted by molar-refractivity contribution is 0.666. The fourth-order valence-electron chi connectivity index (χ4n) is 5.22. The van der Waals surface area contributed by atoms with Crippen LogP contribution in [-0.2, 0) is 5.41 Å². The third-order valence-electron chi connectivity index (χ3n) is 6.48. The maximum atomic E-state index is 3.72. The third kappa shape index (κ3) is 2.39. The molecular formula is C27H19Br2N. The van der Waals surface area contributed by atoms with Crippen molar-refractivity contribution < 1.29 is 0 Å². The van der Waals surface area contributed by atoms with Crippen molar-refractivity contribution in [1.82, 2.24) is 4.57 Å². The molecule has 146 valence electrons. The average Bonchev–Trinajstić information content (AvgIpc) is 3.18. The van der Waals surface area contributed by atoms with E-state index in [1.54, 1.807) is 0 Å². The van der Waals surface area contributed by atoms with Crippen molar-refractivity contribution in [3.63, 3.8) is 0 Å². The summed E-state index contributed by atoms with van der Waals surface area (Å²) in [7, 11) is 0. The topological polar surface area (TPSA) is 4.93 Å². The molecule has 0 atom stereocenters. The van der Waals surface area contributed by atoms with Gasteiger partial charge in [0.1, 0.15) is 0 Å². The number of halogens is 2. The van der Waals surface area contributed by atoms with Crippen molar-refractivity contribution in [3.8, 4) is 16.8 Å². The average molecular weight is 517 g/mol. The summed E-state index contributed by atoms with van der Waals surface area (Å²) in [6.07, 6.45) is 0. The summed E-state index contributed by atoms with van der Waals surface area (Å²) in [6, 6.07) is 28.6. The van der Waals surface area contributed by atoms with Gasteiger partial charge in [0.2, 0.25) is 0 Å². The fourth-order valence-corrected chi connectivity index (χ4v) is 5.94. The maximum Gasteiger partial charge on any atom is 0.0544 e. The standard InChI is InChI=1S/C27H19Br2N/c1-27(2)22-15-17(29)8-10-19(22)20-11-13-24-25(26(20)27)21-14-16(28)9-12-23(21)30(24)18-6-4-3-5-7-18/h3-15H,1-2H3. The third-order valence-corrected chi connectivity index (χ3v) is 7.46. The second-order valence-electron chi connectivity index (χ2n) is 8.53. The molecule has 0 fully saturated rings. The van der Waals surface area contributed by atoms with E-state index in [9.17, 15) is 0 Å². The summed E-state index contributed by atoms with van der Waals surface area (Å²) < 4.78 is 4.63. The van der Waals surface area contributed by atoms with E-state index >= 15 is 0 Å². The highest BCUT2D eigenvalue weighted by atomic mass is 79.9. The van der Waals surface area contributed by atoms with Gasteiger partial charge in [0.15, 0.2) is 0 Å². The molecular weight excluding hydrogens is 498 g/mol. The van der Waals surface area contributed by atoms with E-state index in [1.165, 1.54) is 49.7 Å². The Morgan fingerprint density at radius 1 is 0.700 bits per heavy atom. The Hall–Kier alpha value is -2.36. The molecule has 0 radical (unpaired) electrons. The van der Waals surface area contributed by atoms with Crippen molar-refractivity contribution in [2.45, 2.75) is 19.3 Å². The lowest BCUT2D eigenvalue weighted by Crippen LogP contribution is -2.15. The van der Waals surface area contributed by atoms with Crippen LogP contribution in [0.5, 0.6) is 0 Å². The molecule has 1 aliphatic rings. The van der Waals surface area contributed by atoms with E-state index in [2.05, 4.69) is 129 Å². The maximum absolute atomic E-state index is 3.72. The summed E-state index contributed by atoms with van der Waals surface area (Å²) in [5, 5.41) is 2.64. The Morgan fingerprint density at radius 2 is 1.37 bits per heavy atom. The molecule has 1 aromatic heterocycles. The Bertz CT molecular complexity index is 1480. The number of nitrogens with zero attached hydrogens (tertiary/aromatic N) is 1. The number of hydrogen-bond donors (Lipinski definition) is 0. The monoisotopic (exact) mass is 515 g/mol. The summed E-state index contributed by atoms with van der Waals surface area (Å²) in [6.45, 7) is 4.71. The van der Waals surface area contributed by atoms with Crippen molar-refractivity contribution in [1.29, 1.82) is 0 Å². The van der Waals surface area contributed by atoms with E-state index in [0.29, 0.717) is 0 Å². The number of hydrogen-bond acceptors (Lipinski definition) is 0. The molecule has 0 unspecified atom stereocenters. The van der Waals surface area contributed by atoms with Gasteiger partial charge in [-0.3, -0.25) is 0 Å². The first kappa shape index (κ1) is 18.4. The number of benzene rings is 4. The summed E-state index contributed by atoms with van der Waals surface area (Å²) in [5.41, 5.74) is 9.11. The van der Waals surface area contributed by atoms with Crippen LogP contribution in [0.3, 0.4) is 0 Å². The van der Waals surface area contributed by atoms with Gasteiger partial charge in [-0.2, -0.15) is 0 Å². The zero-order valence-corrected chi connectivity index (χ0v) is 19.9. The second kappa shape index (κ2) is 6.32. The van der Waals surface area contributed by atoms with E-state index < -0.39 is 0 Å². The highest BCUT2D eigenvalue weighted by molar-refractivity contribution is 9.10. The minimum absolute atomic E-state index is 0.0773. The molecule has 3 heteroatoms. The van der Waals surface area contributed by atoms with Gasteiger partial charge in [0, 0.05) is 30.8 Å². The van der Waals surface area contributed by atoms with E-state index in [-0.39, 0.29) is 5.41 Å². The first-order valence-corrected chi connectivity index (χ1v) is 11.7. The van der Waals surface area contributed by atoms with Crippen molar-refractivity contribution >= 4 is 53.7 Å². The van der Waals surface area contributed by atoms with Gasteiger partial charge < -0.3 is 4.57 Å². The molecule has 1 nitrogen and oxygen atoms in total. The Kier molecular flexibility index (Phi) is 3.88. The summed E-state index contributed by atoms with van der Waals surface area (Å²) in [4.78, 5) is 0. The molecule has 5 aromatic rings. The van der Waals surface area contributed by atoms with Gasteiger partial charge >= 0.3 is 0 Å². The Labute approximate surface area is 192 Å². The molecule has 1 heterocycles. The fraction of sp³-hybridized carbons (Fsp3) is 0.111. The number of para-hydroxylation sites is 1. The van der Waals surface area contributed by atoms with E-state index in [1.807, 2.05) is 0 Å². The zero-order chi connectivity index (χ0) is 20.6. The quantitative estimate of drug-likeness (QED) is 0.210. The molecule has 0 aliphatic heterocycles. The predicted molar refractivity (Wildman–Crippen MR) is 134 cm³/mol. The van der Waals surface area contributed by atoms with Crippen molar-refractivity contribution in [2.24, 2.45) is 0 Å². The van der Waals surface area contributed by atoms with E-state index in [4.69, 9.17) is 0 Å². The Morgan fingerprint density at radius 3 is 2.17 bits per heavy atom. The predicted octanol–water partition coefficient (Wildman–Crippen LogP) is 8.62. The number of fused-ring (bicyclic) bond motifs is 7. The first-order chi connectivity index (χ1) is 14.5. The molecule has 0 saturated carbocycles. The molecule has 6 rings (SSSR count). The molecule has 4 aromatic carbocycles. The van der Waals surface area contributed by atoms with Crippen LogP contribution in [0, 0.1) is 0 Å². The molecule has 0 spiro atoms. The molecule has 0 saturated heterocycles. The lowest BCUT2D eigenvalue weighted by atomic mass is 9.80. The van der Waals surface area contributed by atoms with Gasteiger partial charge in [-0.1, -0.05) is 76.0 Å². The highest BCUT2D eigenvalue weighted by Gasteiger charge is 2.38. The van der Waals surface area contributed by atoms with Crippen LogP contribution in [0.4, 0.5) is 0 Å². The Balaban J connectivity index is 1.82. The summed E-state index contributed by atoms with van der Waals surface area (Å²) in [5.74, 6) is 0. The van der Waals surface area contributed by atoms with Gasteiger partial charge in [-0.25, -0.2) is 0 Å². The van der Waals surface area contributed by atoms with E-state index in [0.717, 1.165) is 8.95 Å². The minimum Gasteiger partial charge on any atom is -0.309 e. The first-order valence-electron chi connectivity index (χ1n) is 10.1. The van der Waals surface area contributed by atoms with Crippen LogP contribution in [-0.4, -0.2) is 4.57 Å². The normalized spacial score (nSPS) is 14.3. The van der Waals surface area contributed by atoms with Crippen molar-refractivity contribution in [3.05, 3.63) is 98.9 Å². The van der Waals surface area contributed by atoms with Crippen LogP contribution in [0.2, 0.25) is 0 Å². The largest absolute Gasteiger partial charge is 0.309 e. The molecule has 30 heavy (non-hydrogen) atoms.